The lowest BCUT2D eigenvalue weighted by molar-refractivity contribution is 0.119. The predicted molar refractivity (Wildman–Crippen MR) is 168 cm³/mol. The van der Waals surface area contributed by atoms with Crippen LogP contribution < -0.4 is 16.2 Å². The number of hydrogen-bond acceptors (Lipinski definition) is 9. The minimum Gasteiger partial charge on any atom is -0.382 e. The molecule has 0 bridgehead atoms. The molecule has 0 saturated carbocycles. The second-order valence-electron chi connectivity index (χ2n) is 11.2. The van der Waals surface area contributed by atoms with E-state index >= 15 is 0 Å². The van der Waals surface area contributed by atoms with E-state index in [2.05, 4.69) is 37.7 Å². The maximum atomic E-state index is 14.4. The molecule has 2 aliphatic rings. The number of alkyl halides is 1. The van der Waals surface area contributed by atoms with Gasteiger partial charge < -0.3 is 10.6 Å². The zero-order valence-corrected chi connectivity index (χ0v) is 24.7. The lowest BCUT2D eigenvalue weighted by Crippen LogP contribution is -2.47. The van der Waals surface area contributed by atoms with Crippen LogP contribution >= 0.6 is 0 Å². The maximum Gasteiger partial charge on any atom is 0.267 e. The molecule has 0 amide bonds. The first-order valence-electron chi connectivity index (χ1n) is 14.9. The fourth-order valence-corrected chi connectivity index (χ4v) is 6.14. The van der Waals surface area contributed by atoms with Crippen molar-refractivity contribution in [3.63, 3.8) is 0 Å². The van der Waals surface area contributed by atoms with Crippen molar-refractivity contribution >= 4 is 22.5 Å². The molecule has 2 saturated heterocycles. The largest absolute Gasteiger partial charge is 0.382 e. The van der Waals surface area contributed by atoms with E-state index in [4.69, 9.17) is 10.7 Å². The van der Waals surface area contributed by atoms with Gasteiger partial charge in [0.05, 0.1) is 29.2 Å². The van der Waals surface area contributed by atoms with Gasteiger partial charge in [-0.15, -0.1) is 0 Å². The van der Waals surface area contributed by atoms with Gasteiger partial charge in [0, 0.05) is 44.8 Å². The molecule has 4 heterocycles. The summed E-state index contributed by atoms with van der Waals surface area (Å²) in [6.45, 7) is 6.53. The van der Waals surface area contributed by atoms with Gasteiger partial charge in [0.2, 0.25) is 0 Å². The summed E-state index contributed by atoms with van der Waals surface area (Å²) < 4.78 is 15.1. The molecule has 224 valence electrons. The molecule has 1 unspecified atom stereocenters. The second kappa shape index (κ2) is 12.8. The Kier molecular flexibility index (Phi) is 8.51. The molecule has 4 aromatic rings. The smallest absolute Gasteiger partial charge is 0.267 e. The number of para-hydroxylation sites is 1. The van der Waals surface area contributed by atoms with E-state index in [1.54, 1.807) is 11.5 Å². The first-order chi connectivity index (χ1) is 21.4. The molecule has 0 spiro atoms. The third-order valence-corrected chi connectivity index (χ3v) is 8.23. The fraction of sp³-hybridized carbons (Fsp3) is 0.364. The summed E-state index contributed by atoms with van der Waals surface area (Å²) in [7, 11) is 0. The summed E-state index contributed by atoms with van der Waals surface area (Å²) in [5, 5.41) is 10.3. The lowest BCUT2D eigenvalue weighted by atomic mass is 10.1. The molecular formula is C33H34FN9O. The molecule has 10 nitrogen and oxygen atoms in total. The summed E-state index contributed by atoms with van der Waals surface area (Å²) in [6.07, 6.45) is 2.07. The van der Waals surface area contributed by atoms with Crippen LogP contribution in [-0.2, 0) is 0 Å². The number of aromatic nitrogens is 4. The van der Waals surface area contributed by atoms with Crippen molar-refractivity contribution in [1.82, 2.24) is 29.3 Å². The van der Waals surface area contributed by atoms with Crippen molar-refractivity contribution in [3.8, 4) is 23.6 Å². The van der Waals surface area contributed by atoms with Crippen LogP contribution in [0.1, 0.15) is 42.8 Å². The normalized spacial score (nSPS) is 18.1. The molecule has 2 fully saturated rings. The van der Waals surface area contributed by atoms with E-state index in [0.717, 1.165) is 39.0 Å². The van der Waals surface area contributed by atoms with Crippen molar-refractivity contribution in [2.24, 2.45) is 0 Å². The zero-order chi connectivity index (χ0) is 30.6. The number of halogens is 1. The van der Waals surface area contributed by atoms with Gasteiger partial charge >= 0.3 is 0 Å². The number of nitrogens with zero attached hydrogens (tertiary/aromatic N) is 8. The quantitative estimate of drug-likeness (QED) is 0.337. The number of benzene rings is 2. The summed E-state index contributed by atoms with van der Waals surface area (Å²) >= 11 is 0. The van der Waals surface area contributed by atoms with Gasteiger partial charge in [0.25, 0.3) is 5.56 Å². The van der Waals surface area contributed by atoms with Gasteiger partial charge in [-0.05, 0) is 44.0 Å². The first-order valence-corrected chi connectivity index (χ1v) is 14.9. The summed E-state index contributed by atoms with van der Waals surface area (Å²) in [5.74, 6) is 7.64. The zero-order valence-electron chi connectivity index (χ0n) is 24.7. The third kappa shape index (κ3) is 5.85. The monoisotopic (exact) mass is 591 g/mol. The minimum atomic E-state index is -0.834. The highest BCUT2D eigenvalue weighted by Gasteiger charge is 2.34. The third-order valence-electron chi connectivity index (χ3n) is 8.23. The van der Waals surface area contributed by atoms with E-state index in [1.165, 1.54) is 6.33 Å². The highest BCUT2D eigenvalue weighted by molar-refractivity contribution is 5.85. The highest BCUT2D eigenvalue weighted by Crippen LogP contribution is 2.37. The average molecular weight is 592 g/mol. The van der Waals surface area contributed by atoms with Gasteiger partial charge in [-0.2, -0.15) is 5.26 Å². The number of piperazine rings is 1. The van der Waals surface area contributed by atoms with E-state index in [1.807, 2.05) is 53.4 Å². The van der Waals surface area contributed by atoms with Crippen LogP contribution in [0.5, 0.6) is 0 Å². The van der Waals surface area contributed by atoms with Crippen molar-refractivity contribution in [2.45, 2.75) is 32.0 Å². The highest BCUT2D eigenvalue weighted by atomic mass is 19.1. The van der Waals surface area contributed by atoms with Crippen molar-refractivity contribution in [2.75, 3.05) is 56.4 Å². The molecule has 44 heavy (non-hydrogen) atoms. The number of nitrogens with two attached hydrogens (primary N) is 1. The van der Waals surface area contributed by atoms with Gasteiger partial charge in [0.1, 0.15) is 35.8 Å². The van der Waals surface area contributed by atoms with E-state index in [-0.39, 0.29) is 23.0 Å². The fourth-order valence-electron chi connectivity index (χ4n) is 6.14. The molecule has 2 aromatic carbocycles. The number of hydrogen-bond donors (Lipinski definition) is 1. The Bertz CT molecular complexity index is 1820. The number of nitrogen functional groups attached to an aromatic ring is 1. The van der Waals surface area contributed by atoms with E-state index in [0.29, 0.717) is 53.4 Å². The molecule has 6 rings (SSSR count). The van der Waals surface area contributed by atoms with Crippen LogP contribution in [0.3, 0.4) is 0 Å². The Labute approximate surface area is 255 Å². The van der Waals surface area contributed by atoms with E-state index in [9.17, 15) is 14.4 Å². The Hall–Kier alpha value is -4.84. The molecule has 2 N–H and O–H groups in total. The van der Waals surface area contributed by atoms with Gasteiger partial charge in [-0.25, -0.2) is 19.3 Å². The standard InChI is InChI=1S/C33H34FN9O/c1-23(34)21-41-18-16-40(17-19-41)14-6-9-24-8-5-12-27-29(24)33(44)43(25-10-3-2-4-11-25)32(39-27)28-13-7-15-42(28)31-26(20-35)30(36)37-22-38-31/h2-5,8,10-12,22-23,28H,7,13-19,21H2,1H3,(H2,36,37,38)/t23?,28-/m0/s1. The van der Waals surface area contributed by atoms with Gasteiger partial charge in [-0.3, -0.25) is 19.2 Å². The van der Waals surface area contributed by atoms with Gasteiger partial charge in [-0.1, -0.05) is 36.1 Å². The topological polar surface area (TPSA) is 120 Å². The second-order valence-corrected chi connectivity index (χ2v) is 11.2. The molecule has 2 atom stereocenters. The van der Waals surface area contributed by atoms with Crippen LogP contribution in [0.4, 0.5) is 16.0 Å². The minimum absolute atomic E-state index is 0.120. The first kappa shape index (κ1) is 29.2. The molecule has 0 radical (unpaired) electrons. The SMILES string of the molecule is CC(F)CN1CCN(CC#Cc2cccc3nc([C@@H]4CCCN4c4ncnc(N)c4C#N)n(-c4ccccc4)c(=O)c23)CC1. The van der Waals surface area contributed by atoms with Crippen LogP contribution in [0.15, 0.2) is 59.7 Å². The van der Waals surface area contributed by atoms with Crippen molar-refractivity contribution < 1.29 is 4.39 Å². The van der Waals surface area contributed by atoms with E-state index < -0.39 is 6.17 Å². The Morgan fingerprint density at radius 1 is 1.05 bits per heavy atom. The number of fused-ring (bicyclic) bond motifs is 1. The van der Waals surface area contributed by atoms with Crippen LogP contribution in [0.25, 0.3) is 16.6 Å². The molecule has 11 heteroatoms. The number of rotatable bonds is 6. The Balaban J connectivity index is 1.39. The number of nitriles is 1. The molecule has 0 aliphatic carbocycles. The van der Waals surface area contributed by atoms with Crippen LogP contribution in [0, 0.1) is 23.2 Å². The summed E-state index contributed by atoms with van der Waals surface area (Å²) in [4.78, 5) is 34.3. The average Bonchev–Trinajstić information content (AvgIpc) is 3.51. The molecular weight excluding hydrogens is 557 g/mol. The van der Waals surface area contributed by atoms with Crippen LogP contribution in [-0.4, -0.2) is 81.3 Å². The Morgan fingerprint density at radius 3 is 2.57 bits per heavy atom. The summed E-state index contributed by atoms with van der Waals surface area (Å²) in [5.41, 5.74) is 7.92. The molecule has 2 aromatic heterocycles. The molecule has 2 aliphatic heterocycles. The lowest BCUT2D eigenvalue weighted by Gasteiger charge is -2.33. The number of anilines is 2. The Morgan fingerprint density at radius 2 is 1.82 bits per heavy atom. The van der Waals surface area contributed by atoms with Crippen molar-refractivity contribution in [1.29, 1.82) is 5.26 Å². The van der Waals surface area contributed by atoms with Crippen molar-refractivity contribution in [3.05, 3.63) is 82.2 Å². The van der Waals surface area contributed by atoms with Crippen LogP contribution in [0.2, 0.25) is 0 Å². The van der Waals surface area contributed by atoms with Gasteiger partial charge in [0.15, 0.2) is 5.82 Å². The summed E-state index contributed by atoms with van der Waals surface area (Å²) in [6, 6.07) is 16.9. The predicted octanol–water partition coefficient (Wildman–Crippen LogP) is 3.30. The maximum absolute atomic E-state index is 14.4.